The third-order valence-electron chi connectivity index (χ3n) is 4.90. The van der Waals surface area contributed by atoms with Gasteiger partial charge in [-0.15, -0.1) is 0 Å². The number of hydrogen-bond donors (Lipinski definition) is 1. The molecule has 1 N–H and O–H groups in total. The monoisotopic (exact) mass is 274 g/mol. The molecule has 0 amide bonds. The molecule has 3 unspecified atom stereocenters. The maximum absolute atomic E-state index is 3.77. The van der Waals surface area contributed by atoms with E-state index >= 15 is 0 Å². The quantitative estimate of drug-likeness (QED) is 0.812. The lowest BCUT2D eigenvalue weighted by Gasteiger charge is -2.30. The van der Waals surface area contributed by atoms with E-state index in [4.69, 9.17) is 0 Å². The van der Waals surface area contributed by atoms with Crippen molar-refractivity contribution in [2.75, 3.05) is 19.6 Å². The fraction of sp³-hybridized carbons (Fsp3) is 0.667. The van der Waals surface area contributed by atoms with Crippen LogP contribution in [0.5, 0.6) is 0 Å². The molecule has 1 heterocycles. The SMILES string of the molecule is CCC(C)C(C)NCC(c1ccccc1)N1CCCC1. The first-order chi connectivity index (χ1) is 9.72. The van der Waals surface area contributed by atoms with Gasteiger partial charge in [0, 0.05) is 18.6 Å². The summed E-state index contributed by atoms with van der Waals surface area (Å²) >= 11 is 0. The molecule has 1 aliphatic heterocycles. The molecule has 20 heavy (non-hydrogen) atoms. The lowest BCUT2D eigenvalue weighted by molar-refractivity contribution is 0.226. The van der Waals surface area contributed by atoms with E-state index in [1.807, 2.05) is 0 Å². The zero-order chi connectivity index (χ0) is 14.4. The third-order valence-corrected chi connectivity index (χ3v) is 4.90. The summed E-state index contributed by atoms with van der Waals surface area (Å²) in [5.74, 6) is 0.741. The van der Waals surface area contributed by atoms with E-state index in [0.717, 1.165) is 12.5 Å². The van der Waals surface area contributed by atoms with Crippen LogP contribution >= 0.6 is 0 Å². The molecular formula is C18H30N2. The van der Waals surface area contributed by atoms with Gasteiger partial charge in [0.05, 0.1) is 0 Å². The Bertz CT molecular complexity index is 370. The van der Waals surface area contributed by atoms with Crippen molar-refractivity contribution in [3.63, 3.8) is 0 Å². The molecule has 1 aromatic rings. The average molecular weight is 274 g/mol. The smallest absolute Gasteiger partial charge is 0.0472 e. The van der Waals surface area contributed by atoms with Crippen molar-refractivity contribution in [2.24, 2.45) is 5.92 Å². The summed E-state index contributed by atoms with van der Waals surface area (Å²) in [4.78, 5) is 2.64. The number of likely N-dealkylation sites (tertiary alicyclic amines) is 1. The molecule has 0 aliphatic carbocycles. The number of hydrogen-bond acceptors (Lipinski definition) is 2. The van der Waals surface area contributed by atoms with Crippen molar-refractivity contribution in [2.45, 2.75) is 52.1 Å². The normalized spacial score (nSPS) is 20.8. The molecule has 1 aromatic carbocycles. The first-order valence-corrected chi connectivity index (χ1v) is 8.24. The number of nitrogens with zero attached hydrogens (tertiary/aromatic N) is 1. The van der Waals surface area contributed by atoms with Crippen LogP contribution in [0.1, 0.15) is 51.6 Å². The lowest BCUT2D eigenvalue weighted by Crippen LogP contribution is -2.40. The van der Waals surface area contributed by atoms with Gasteiger partial charge in [-0.1, -0.05) is 50.6 Å². The van der Waals surface area contributed by atoms with Gasteiger partial charge >= 0.3 is 0 Å². The molecule has 3 atom stereocenters. The fourth-order valence-corrected chi connectivity index (χ4v) is 3.04. The van der Waals surface area contributed by atoms with Crippen LogP contribution in [0.2, 0.25) is 0 Å². The largest absolute Gasteiger partial charge is 0.312 e. The Morgan fingerprint density at radius 1 is 1.10 bits per heavy atom. The summed E-state index contributed by atoms with van der Waals surface area (Å²) in [6.07, 6.45) is 3.95. The van der Waals surface area contributed by atoms with Crippen LogP contribution in [-0.4, -0.2) is 30.6 Å². The minimum absolute atomic E-state index is 0.533. The number of benzene rings is 1. The molecule has 0 bridgehead atoms. The zero-order valence-electron chi connectivity index (χ0n) is 13.3. The Balaban J connectivity index is 2.00. The molecule has 2 rings (SSSR count). The van der Waals surface area contributed by atoms with Crippen molar-refractivity contribution in [1.82, 2.24) is 10.2 Å². The van der Waals surface area contributed by atoms with E-state index in [1.165, 1.54) is 37.9 Å². The van der Waals surface area contributed by atoms with E-state index in [9.17, 15) is 0 Å². The molecule has 1 fully saturated rings. The zero-order valence-corrected chi connectivity index (χ0v) is 13.3. The second kappa shape index (κ2) is 7.80. The summed E-state index contributed by atoms with van der Waals surface area (Å²) in [5.41, 5.74) is 1.46. The highest BCUT2D eigenvalue weighted by Crippen LogP contribution is 2.24. The third kappa shape index (κ3) is 4.07. The van der Waals surface area contributed by atoms with Crippen LogP contribution in [0, 0.1) is 5.92 Å². The van der Waals surface area contributed by atoms with E-state index in [2.05, 4.69) is 61.3 Å². The van der Waals surface area contributed by atoms with Crippen molar-refractivity contribution in [3.05, 3.63) is 35.9 Å². The second-order valence-corrected chi connectivity index (χ2v) is 6.25. The second-order valence-electron chi connectivity index (χ2n) is 6.25. The minimum atomic E-state index is 0.533. The van der Waals surface area contributed by atoms with Gasteiger partial charge in [-0.05, 0) is 44.3 Å². The molecule has 0 spiro atoms. The highest BCUT2D eigenvalue weighted by atomic mass is 15.2. The maximum Gasteiger partial charge on any atom is 0.0472 e. The van der Waals surface area contributed by atoms with Crippen molar-refractivity contribution in [1.29, 1.82) is 0 Å². The topological polar surface area (TPSA) is 15.3 Å². The summed E-state index contributed by atoms with van der Waals surface area (Å²) < 4.78 is 0. The first-order valence-electron chi connectivity index (χ1n) is 8.24. The molecule has 1 saturated heterocycles. The van der Waals surface area contributed by atoms with E-state index in [1.54, 1.807) is 0 Å². The van der Waals surface area contributed by atoms with Crippen LogP contribution < -0.4 is 5.32 Å². The fourth-order valence-electron chi connectivity index (χ4n) is 3.04. The summed E-state index contributed by atoms with van der Waals surface area (Å²) in [7, 11) is 0. The Kier molecular flexibility index (Phi) is 6.06. The highest BCUT2D eigenvalue weighted by molar-refractivity contribution is 5.19. The Morgan fingerprint density at radius 3 is 2.35 bits per heavy atom. The average Bonchev–Trinajstić information content (AvgIpc) is 3.01. The Morgan fingerprint density at radius 2 is 1.75 bits per heavy atom. The van der Waals surface area contributed by atoms with Crippen molar-refractivity contribution >= 4 is 0 Å². The van der Waals surface area contributed by atoms with Gasteiger partial charge in [0.1, 0.15) is 0 Å². The highest BCUT2D eigenvalue weighted by Gasteiger charge is 2.24. The first kappa shape index (κ1) is 15.5. The van der Waals surface area contributed by atoms with E-state index < -0.39 is 0 Å². The van der Waals surface area contributed by atoms with Crippen LogP contribution in [0.25, 0.3) is 0 Å². The molecule has 112 valence electrons. The molecule has 0 aromatic heterocycles. The van der Waals surface area contributed by atoms with Gasteiger partial charge in [-0.3, -0.25) is 4.90 Å². The van der Waals surface area contributed by atoms with Gasteiger partial charge in [0.25, 0.3) is 0 Å². The van der Waals surface area contributed by atoms with Crippen molar-refractivity contribution < 1.29 is 0 Å². The van der Waals surface area contributed by atoms with Crippen LogP contribution in [0.15, 0.2) is 30.3 Å². The lowest BCUT2D eigenvalue weighted by atomic mass is 9.99. The van der Waals surface area contributed by atoms with Crippen LogP contribution in [0.4, 0.5) is 0 Å². The Labute approximate surface area is 124 Å². The van der Waals surface area contributed by atoms with Gasteiger partial charge in [0.2, 0.25) is 0 Å². The number of rotatable bonds is 7. The predicted molar refractivity (Wildman–Crippen MR) is 86.9 cm³/mol. The van der Waals surface area contributed by atoms with Gasteiger partial charge in [0.15, 0.2) is 0 Å². The van der Waals surface area contributed by atoms with Crippen LogP contribution in [-0.2, 0) is 0 Å². The predicted octanol–water partition coefficient (Wildman–Crippen LogP) is 3.85. The summed E-state index contributed by atoms with van der Waals surface area (Å²) in [6, 6.07) is 12.1. The Hall–Kier alpha value is -0.860. The molecule has 1 aliphatic rings. The molecule has 2 nitrogen and oxygen atoms in total. The molecule has 0 radical (unpaired) electrons. The van der Waals surface area contributed by atoms with Crippen molar-refractivity contribution in [3.8, 4) is 0 Å². The maximum atomic E-state index is 3.77. The van der Waals surface area contributed by atoms with Crippen LogP contribution in [0.3, 0.4) is 0 Å². The van der Waals surface area contributed by atoms with Gasteiger partial charge < -0.3 is 5.32 Å². The van der Waals surface area contributed by atoms with Gasteiger partial charge in [-0.2, -0.15) is 0 Å². The summed E-state index contributed by atoms with van der Waals surface area (Å²) in [5, 5.41) is 3.77. The molecule has 2 heteroatoms. The summed E-state index contributed by atoms with van der Waals surface area (Å²) in [6.45, 7) is 10.5. The van der Waals surface area contributed by atoms with E-state index in [0.29, 0.717) is 12.1 Å². The molecular weight excluding hydrogens is 244 g/mol. The standard InChI is InChI=1S/C18H30N2/c1-4-15(2)16(3)19-14-18(20-12-8-9-13-20)17-10-6-5-7-11-17/h5-7,10-11,15-16,18-19H,4,8-9,12-14H2,1-3H3. The van der Waals surface area contributed by atoms with Gasteiger partial charge in [-0.25, -0.2) is 0 Å². The minimum Gasteiger partial charge on any atom is -0.312 e. The van der Waals surface area contributed by atoms with E-state index in [-0.39, 0.29) is 0 Å². The molecule has 0 saturated carbocycles. The number of nitrogens with one attached hydrogen (secondary N) is 1.